The van der Waals surface area contributed by atoms with E-state index in [1.54, 1.807) is 0 Å². The molecular formula is C16H20N2. The second kappa shape index (κ2) is 6.31. The molecule has 1 aromatic carbocycles. The molecule has 0 saturated carbocycles. The molecular weight excluding hydrogens is 220 g/mol. The van der Waals surface area contributed by atoms with E-state index in [0.717, 1.165) is 13.0 Å². The summed E-state index contributed by atoms with van der Waals surface area (Å²) < 4.78 is 0. The van der Waals surface area contributed by atoms with Crippen LogP contribution in [0, 0.1) is 6.92 Å². The first-order valence-corrected chi connectivity index (χ1v) is 6.51. The first-order valence-electron chi connectivity index (χ1n) is 6.51. The van der Waals surface area contributed by atoms with Crippen LogP contribution in [0.25, 0.3) is 0 Å². The summed E-state index contributed by atoms with van der Waals surface area (Å²) in [6, 6.07) is 13.0. The SMILES string of the molecule is CCCNC(c1cccnc1)c1cccc(C)c1. The highest BCUT2D eigenvalue weighted by atomic mass is 14.9. The molecule has 0 aliphatic carbocycles. The van der Waals surface area contributed by atoms with E-state index in [0.29, 0.717) is 0 Å². The van der Waals surface area contributed by atoms with Crippen molar-refractivity contribution in [1.29, 1.82) is 0 Å². The minimum atomic E-state index is 0.235. The summed E-state index contributed by atoms with van der Waals surface area (Å²) in [5.41, 5.74) is 3.81. The third-order valence-corrected chi connectivity index (χ3v) is 2.99. The van der Waals surface area contributed by atoms with E-state index in [-0.39, 0.29) is 6.04 Å². The minimum Gasteiger partial charge on any atom is -0.306 e. The summed E-state index contributed by atoms with van der Waals surface area (Å²) in [6.45, 7) is 5.32. The lowest BCUT2D eigenvalue weighted by Gasteiger charge is -2.19. The highest BCUT2D eigenvalue weighted by molar-refractivity contribution is 5.32. The van der Waals surface area contributed by atoms with Gasteiger partial charge in [-0.25, -0.2) is 0 Å². The van der Waals surface area contributed by atoms with E-state index in [9.17, 15) is 0 Å². The van der Waals surface area contributed by atoms with E-state index in [4.69, 9.17) is 0 Å². The lowest BCUT2D eigenvalue weighted by Crippen LogP contribution is -2.23. The summed E-state index contributed by atoms with van der Waals surface area (Å²) >= 11 is 0. The zero-order valence-corrected chi connectivity index (χ0v) is 11.1. The Balaban J connectivity index is 2.31. The smallest absolute Gasteiger partial charge is 0.0592 e. The number of aromatic nitrogens is 1. The molecule has 1 N–H and O–H groups in total. The quantitative estimate of drug-likeness (QED) is 0.865. The van der Waals surface area contributed by atoms with Gasteiger partial charge in [0.2, 0.25) is 0 Å². The Hall–Kier alpha value is -1.67. The van der Waals surface area contributed by atoms with Crippen molar-refractivity contribution in [3.63, 3.8) is 0 Å². The maximum atomic E-state index is 4.22. The molecule has 1 atom stereocenters. The van der Waals surface area contributed by atoms with Crippen LogP contribution in [0.2, 0.25) is 0 Å². The highest BCUT2D eigenvalue weighted by Gasteiger charge is 2.12. The van der Waals surface area contributed by atoms with Gasteiger partial charge in [0.1, 0.15) is 0 Å². The van der Waals surface area contributed by atoms with Crippen molar-refractivity contribution in [2.24, 2.45) is 0 Å². The van der Waals surface area contributed by atoms with Gasteiger partial charge in [0.05, 0.1) is 6.04 Å². The molecule has 0 radical (unpaired) electrons. The molecule has 2 nitrogen and oxygen atoms in total. The maximum Gasteiger partial charge on any atom is 0.0592 e. The van der Waals surface area contributed by atoms with Crippen LogP contribution in [0.3, 0.4) is 0 Å². The van der Waals surface area contributed by atoms with Crippen molar-refractivity contribution < 1.29 is 0 Å². The molecule has 18 heavy (non-hydrogen) atoms. The van der Waals surface area contributed by atoms with Gasteiger partial charge in [-0.05, 0) is 37.1 Å². The van der Waals surface area contributed by atoms with Crippen molar-refractivity contribution >= 4 is 0 Å². The predicted octanol–water partition coefficient (Wildman–Crippen LogP) is 3.48. The van der Waals surface area contributed by atoms with Gasteiger partial charge in [0.15, 0.2) is 0 Å². The zero-order valence-electron chi connectivity index (χ0n) is 11.1. The van der Waals surface area contributed by atoms with E-state index in [1.165, 1.54) is 16.7 Å². The standard InChI is InChI=1S/C16H20N2/c1-3-9-18-16(15-8-5-10-17-12-15)14-7-4-6-13(2)11-14/h4-8,10-12,16,18H,3,9H2,1-2H3. The van der Waals surface area contributed by atoms with Crippen LogP contribution in [-0.4, -0.2) is 11.5 Å². The van der Waals surface area contributed by atoms with Crippen LogP contribution in [0.15, 0.2) is 48.8 Å². The molecule has 0 bridgehead atoms. The first-order chi connectivity index (χ1) is 8.81. The number of pyridine rings is 1. The molecule has 0 saturated heterocycles. The molecule has 0 amide bonds. The maximum absolute atomic E-state index is 4.22. The first kappa shape index (κ1) is 12.8. The van der Waals surface area contributed by atoms with Crippen molar-refractivity contribution in [3.8, 4) is 0 Å². The van der Waals surface area contributed by atoms with Gasteiger partial charge in [-0.2, -0.15) is 0 Å². The Bertz CT molecular complexity index is 479. The molecule has 2 rings (SSSR count). The zero-order chi connectivity index (χ0) is 12.8. The summed E-state index contributed by atoms with van der Waals surface area (Å²) in [6.07, 6.45) is 4.88. The lowest BCUT2D eigenvalue weighted by molar-refractivity contribution is 0.597. The average Bonchev–Trinajstić information content (AvgIpc) is 2.40. The molecule has 94 valence electrons. The number of hydrogen-bond acceptors (Lipinski definition) is 2. The second-order valence-corrected chi connectivity index (χ2v) is 4.59. The van der Waals surface area contributed by atoms with Crippen molar-refractivity contribution in [1.82, 2.24) is 10.3 Å². The largest absolute Gasteiger partial charge is 0.306 e. The molecule has 0 fully saturated rings. The molecule has 0 aliphatic rings. The van der Waals surface area contributed by atoms with Gasteiger partial charge in [-0.15, -0.1) is 0 Å². The van der Waals surface area contributed by atoms with E-state index in [2.05, 4.69) is 54.5 Å². The number of nitrogens with zero attached hydrogens (tertiary/aromatic N) is 1. The van der Waals surface area contributed by atoms with Gasteiger partial charge < -0.3 is 5.32 Å². The number of aryl methyl sites for hydroxylation is 1. The number of rotatable bonds is 5. The van der Waals surface area contributed by atoms with Crippen LogP contribution >= 0.6 is 0 Å². The van der Waals surface area contributed by atoms with Crippen LogP contribution in [0.4, 0.5) is 0 Å². The topological polar surface area (TPSA) is 24.9 Å². The summed E-state index contributed by atoms with van der Waals surface area (Å²) in [5, 5.41) is 3.59. The second-order valence-electron chi connectivity index (χ2n) is 4.59. The number of nitrogens with one attached hydrogen (secondary N) is 1. The fourth-order valence-electron chi connectivity index (χ4n) is 2.11. The van der Waals surface area contributed by atoms with Crippen LogP contribution < -0.4 is 5.32 Å². The fourth-order valence-corrected chi connectivity index (χ4v) is 2.11. The average molecular weight is 240 g/mol. The molecule has 2 aromatic rings. The van der Waals surface area contributed by atoms with Crippen molar-refractivity contribution in [3.05, 3.63) is 65.5 Å². The van der Waals surface area contributed by atoms with Gasteiger partial charge in [-0.3, -0.25) is 4.98 Å². The highest BCUT2D eigenvalue weighted by Crippen LogP contribution is 2.22. The molecule has 1 aromatic heterocycles. The monoisotopic (exact) mass is 240 g/mol. The molecule has 0 aliphatic heterocycles. The Kier molecular flexibility index (Phi) is 4.48. The normalized spacial score (nSPS) is 12.3. The third kappa shape index (κ3) is 3.17. The number of hydrogen-bond donors (Lipinski definition) is 1. The summed E-state index contributed by atoms with van der Waals surface area (Å²) in [7, 11) is 0. The van der Waals surface area contributed by atoms with E-state index >= 15 is 0 Å². The van der Waals surface area contributed by atoms with Crippen LogP contribution in [0.1, 0.15) is 36.1 Å². The molecule has 0 spiro atoms. The summed E-state index contributed by atoms with van der Waals surface area (Å²) in [4.78, 5) is 4.22. The Morgan fingerprint density at radius 3 is 2.67 bits per heavy atom. The van der Waals surface area contributed by atoms with E-state index in [1.807, 2.05) is 18.5 Å². The number of benzene rings is 1. The van der Waals surface area contributed by atoms with Gasteiger partial charge >= 0.3 is 0 Å². The lowest BCUT2D eigenvalue weighted by atomic mass is 9.98. The Morgan fingerprint density at radius 1 is 1.17 bits per heavy atom. The third-order valence-electron chi connectivity index (χ3n) is 2.99. The van der Waals surface area contributed by atoms with Crippen molar-refractivity contribution in [2.75, 3.05) is 6.54 Å². The summed E-state index contributed by atoms with van der Waals surface area (Å²) in [5.74, 6) is 0. The Morgan fingerprint density at radius 2 is 2.00 bits per heavy atom. The molecule has 2 heteroatoms. The molecule has 1 unspecified atom stereocenters. The predicted molar refractivity (Wildman–Crippen MR) is 75.6 cm³/mol. The van der Waals surface area contributed by atoms with Gasteiger partial charge in [0, 0.05) is 12.4 Å². The van der Waals surface area contributed by atoms with Gasteiger partial charge in [-0.1, -0.05) is 42.8 Å². The van der Waals surface area contributed by atoms with Crippen LogP contribution in [0.5, 0.6) is 0 Å². The van der Waals surface area contributed by atoms with Crippen LogP contribution in [-0.2, 0) is 0 Å². The van der Waals surface area contributed by atoms with Crippen molar-refractivity contribution in [2.45, 2.75) is 26.3 Å². The van der Waals surface area contributed by atoms with E-state index < -0.39 is 0 Å². The fraction of sp³-hybridized carbons (Fsp3) is 0.312. The minimum absolute atomic E-state index is 0.235. The Labute approximate surface area is 109 Å². The molecule has 1 heterocycles. The van der Waals surface area contributed by atoms with Gasteiger partial charge in [0.25, 0.3) is 0 Å².